The van der Waals surface area contributed by atoms with Crippen LogP contribution < -0.4 is 19.5 Å². The Morgan fingerprint density at radius 3 is 2.38 bits per heavy atom. The van der Waals surface area contributed by atoms with Crippen LogP contribution in [-0.4, -0.2) is 52.8 Å². The fraction of sp³-hybridized carbons (Fsp3) is 0.381. The minimum atomic E-state index is 0. The van der Waals surface area contributed by atoms with E-state index in [0.29, 0.717) is 30.3 Å². The number of nitrogens with one attached hydrogen (secondary N) is 1. The van der Waals surface area contributed by atoms with E-state index in [1.165, 1.54) is 0 Å². The van der Waals surface area contributed by atoms with Crippen LogP contribution in [-0.2, 0) is 13.0 Å². The third-order valence-corrected chi connectivity index (χ3v) is 4.58. The summed E-state index contributed by atoms with van der Waals surface area (Å²) in [6.45, 7) is 1.40. The van der Waals surface area contributed by atoms with Crippen molar-refractivity contribution in [1.29, 1.82) is 0 Å². The second kappa shape index (κ2) is 12.6. The molecular weight excluding hydrogens is 505 g/mol. The summed E-state index contributed by atoms with van der Waals surface area (Å²) < 4.78 is 16.3. The number of guanidine groups is 1. The van der Waals surface area contributed by atoms with Crippen LogP contribution in [0.5, 0.6) is 17.2 Å². The first-order chi connectivity index (χ1) is 13.5. The van der Waals surface area contributed by atoms with Gasteiger partial charge in [-0.15, -0.1) is 24.0 Å². The molecule has 160 valence electrons. The Labute approximate surface area is 195 Å². The fourth-order valence-electron chi connectivity index (χ4n) is 3.04. The Balaban J connectivity index is 0.00000420. The molecule has 8 heteroatoms. The first kappa shape index (κ1) is 25.2. The van der Waals surface area contributed by atoms with Gasteiger partial charge in [-0.25, -0.2) is 0 Å². The normalized spacial score (nSPS) is 10.8. The number of aliphatic imine (C=N–C) groups is 1. The van der Waals surface area contributed by atoms with Gasteiger partial charge in [-0.3, -0.25) is 4.99 Å². The molecule has 0 saturated heterocycles. The molecule has 0 unspecified atom stereocenters. The molecular formula is C21H29ClIN3O3. The van der Waals surface area contributed by atoms with Crippen LogP contribution in [0.2, 0.25) is 5.02 Å². The van der Waals surface area contributed by atoms with Crippen LogP contribution in [0.25, 0.3) is 0 Å². The topological polar surface area (TPSA) is 55.3 Å². The van der Waals surface area contributed by atoms with Gasteiger partial charge in [0.25, 0.3) is 0 Å². The lowest BCUT2D eigenvalue weighted by Gasteiger charge is -2.22. The fourth-order valence-corrected chi connectivity index (χ4v) is 3.25. The lowest BCUT2D eigenvalue weighted by Crippen LogP contribution is -2.39. The zero-order valence-electron chi connectivity index (χ0n) is 17.5. The number of rotatable bonds is 8. The van der Waals surface area contributed by atoms with Gasteiger partial charge in [-0.1, -0.05) is 29.8 Å². The largest absolute Gasteiger partial charge is 0.493 e. The van der Waals surface area contributed by atoms with E-state index in [9.17, 15) is 0 Å². The number of methoxy groups -OCH3 is 3. The predicted molar refractivity (Wildman–Crippen MR) is 129 cm³/mol. The van der Waals surface area contributed by atoms with Gasteiger partial charge in [-0.2, -0.15) is 0 Å². The summed E-state index contributed by atoms with van der Waals surface area (Å²) in [6.07, 6.45) is 0.744. The van der Waals surface area contributed by atoms with Gasteiger partial charge in [0.2, 0.25) is 5.75 Å². The van der Waals surface area contributed by atoms with Crippen LogP contribution >= 0.6 is 35.6 Å². The van der Waals surface area contributed by atoms with Crippen molar-refractivity contribution >= 4 is 41.5 Å². The molecule has 2 aromatic rings. The van der Waals surface area contributed by atoms with Crippen molar-refractivity contribution in [2.75, 3.05) is 42.0 Å². The lowest BCUT2D eigenvalue weighted by molar-refractivity contribution is 0.322. The highest BCUT2D eigenvalue weighted by molar-refractivity contribution is 14.0. The third kappa shape index (κ3) is 6.85. The predicted octanol–water partition coefficient (Wildman–Crippen LogP) is 4.23. The number of benzene rings is 2. The molecule has 0 aliphatic rings. The summed E-state index contributed by atoms with van der Waals surface area (Å²) in [5, 5.41) is 4.12. The van der Waals surface area contributed by atoms with Crippen molar-refractivity contribution in [3.8, 4) is 17.2 Å². The highest BCUT2D eigenvalue weighted by atomic mass is 127. The molecule has 0 bridgehead atoms. The monoisotopic (exact) mass is 533 g/mol. The Morgan fingerprint density at radius 1 is 1.07 bits per heavy atom. The first-order valence-corrected chi connectivity index (χ1v) is 9.35. The van der Waals surface area contributed by atoms with Gasteiger partial charge < -0.3 is 24.4 Å². The maximum absolute atomic E-state index is 6.07. The summed E-state index contributed by atoms with van der Waals surface area (Å²) in [4.78, 5) is 6.42. The zero-order chi connectivity index (χ0) is 20.5. The number of halogens is 2. The van der Waals surface area contributed by atoms with Crippen molar-refractivity contribution in [2.45, 2.75) is 13.0 Å². The molecule has 0 spiro atoms. The van der Waals surface area contributed by atoms with Gasteiger partial charge in [0.1, 0.15) is 0 Å². The number of nitrogens with zero attached hydrogens (tertiary/aromatic N) is 2. The minimum absolute atomic E-state index is 0. The van der Waals surface area contributed by atoms with Gasteiger partial charge in [0.15, 0.2) is 17.5 Å². The van der Waals surface area contributed by atoms with Gasteiger partial charge in [-0.05, 0) is 30.2 Å². The highest BCUT2D eigenvalue weighted by Gasteiger charge is 2.16. The average Bonchev–Trinajstić information content (AvgIpc) is 2.70. The summed E-state index contributed by atoms with van der Waals surface area (Å²) in [5.41, 5.74) is 2.15. The zero-order valence-corrected chi connectivity index (χ0v) is 20.6. The van der Waals surface area contributed by atoms with E-state index in [2.05, 4.69) is 15.2 Å². The van der Waals surface area contributed by atoms with Gasteiger partial charge in [0, 0.05) is 37.8 Å². The second-order valence-electron chi connectivity index (χ2n) is 6.20. The Kier molecular flexibility index (Phi) is 11.0. The van der Waals surface area contributed by atoms with E-state index in [0.717, 1.165) is 28.5 Å². The van der Waals surface area contributed by atoms with Crippen LogP contribution in [0.4, 0.5) is 0 Å². The summed E-state index contributed by atoms with van der Waals surface area (Å²) in [7, 11) is 8.61. The summed E-state index contributed by atoms with van der Waals surface area (Å²) >= 11 is 6.07. The Bertz CT molecular complexity index is 818. The quantitative estimate of drug-likeness (QED) is 0.313. The minimum Gasteiger partial charge on any atom is -0.493 e. The molecule has 0 aliphatic carbocycles. The number of hydrogen-bond acceptors (Lipinski definition) is 4. The van der Waals surface area contributed by atoms with E-state index in [4.69, 9.17) is 25.8 Å². The van der Waals surface area contributed by atoms with Crippen LogP contribution in [0, 0.1) is 0 Å². The molecule has 0 aromatic heterocycles. The molecule has 29 heavy (non-hydrogen) atoms. The van der Waals surface area contributed by atoms with Crippen LogP contribution in [0.1, 0.15) is 11.1 Å². The smallest absolute Gasteiger partial charge is 0.203 e. The summed E-state index contributed by atoms with van der Waals surface area (Å²) in [5.74, 6) is 2.74. The molecule has 6 nitrogen and oxygen atoms in total. The number of ether oxygens (including phenoxy) is 3. The molecule has 0 heterocycles. The average molecular weight is 534 g/mol. The van der Waals surface area contributed by atoms with Crippen molar-refractivity contribution in [1.82, 2.24) is 10.2 Å². The van der Waals surface area contributed by atoms with E-state index >= 15 is 0 Å². The van der Waals surface area contributed by atoms with E-state index in [1.807, 2.05) is 43.4 Å². The molecule has 2 aromatic carbocycles. The Hall–Kier alpha value is -1.87. The standard InChI is InChI=1S/C21H28ClN3O3.HI/c1-23-21(25(2)14-15-7-6-8-17(22)13-15)24-12-11-16-9-10-18(26-3)20(28-5)19(16)27-4;/h6-10,13H,11-12,14H2,1-5H3,(H,23,24);1H. The molecule has 0 atom stereocenters. The Morgan fingerprint density at radius 2 is 1.79 bits per heavy atom. The van der Waals surface area contributed by atoms with Crippen molar-refractivity contribution in [3.63, 3.8) is 0 Å². The van der Waals surface area contributed by atoms with Crippen LogP contribution in [0.15, 0.2) is 41.4 Å². The molecule has 0 saturated carbocycles. The van der Waals surface area contributed by atoms with Crippen molar-refractivity contribution in [3.05, 3.63) is 52.5 Å². The maximum Gasteiger partial charge on any atom is 0.203 e. The molecule has 0 aliphatic heterocycles. The van der Waals surface area contributed by atoms with Gasteiger partial charge in [0.05, 0.1) is 21.3 Å². The molecule has 0 radical (unpaired) electrons. The first-order valence-electron chi connectivity index (χ1n) is 8.98. The second-order valence-corrected chi connectivity index (χ2v) is 6.64. The maximum atomic E-state index is 6.07. The lowest BCUT2D eigenvalue weighted by atomic mass is 10.1. The van der Waals surface area contributed by atoms with E-state index in [-0.39, 0.29) is 24.0 Å². The van der Waals surface area contributed by atoms with E-state index < -0.39 is 0 Å². The molecule has 2 rings (SSSR count). The number of hydrogen-bond donors (Lipinski definition) is 1. The highest BCUT2D eigenvalue weighted by Crippen LogP contribution is 2.39. The third-order valence-electron chi connectivity index (χ3n) is 4.35. The molecule has 0 amide bonds. The van der Waals surface area contributed by atoms with Crippen LogP contribution in [0.3, 0.4) is 0 Å². The summed E-state index contributed by atoms with van der Waals surface area (Å²) in [6, 6.07) is 11.7. The van der Waals surface area contributed by atoms with Crippen molar-refractivity contribution < 1.29 is 14.2 Å². The van der Waals surface area contributed by atoms with Gasteiger partial charge >= 0.3 is 0 Å². The van der Waals surface area contributed by atoms with Crippen molar-refractivity contribution in [2.24, 2.45) is 4.99 Å². The molecule has 0 fully saturated rings. The van der Waals surface area contributed by atoms with E-state index in [1.54, 1.807) is 28.4 Å². The molecule has 1 N–H and O–H groups in total. The SMILES string of the molecule is CN=C(NCCc1ccc(OC)c(OC)c1OC)N(C)Cc1cccc(Cl)c1.I.